The van der Waals surface area contributed by atoms with Crippen LogP contribution in [-0.4, -0.2) is 79.6 Å². The number of nitrogens with zero attached hydrogens (tertiary/aromatic N) is 6. The minimum absolute atomic E-state index is 0.114. The van der Waals surface area contributed by atoms with E-state index >= 15 is 0 Å². The van der Waals surface area contributed by atoms with Gasteiger partial charge in [-0.1, -0.05) is 36.8 Å². The number of carbonyl (C=O) groups excluding carboxylic acids is 1. The summed E-state index contributed by atoms with van der Waals surface area (Å²) in [6, 6.07) is 10.1. The summed E-state index contributed by atoms with van der Waals surface area (Å²) in [7, 11) is 0. The van der Waals surface area contributed by atoms with Crippen LogP contribution < -0.4 is 0 Å². The van der Waals surface area contributed by atoms with Crippen LogP contribution in [0.2, 0.25) is 0 Å². The molecule has 1 aromatic heterocycles. The first-order valence-corrected chi connectivity index (χ1v) is 11.9. The minimum Gasteiger partial charge on any atom is -0.340 e. The summed E-state index contributed by atoms with van der Waals surface area (Å²) in [5, 5.41) is 12.8. The number of aromatic nitrogens is 4. The molecule has 2 aliphatic heterocycles. The zero-order valence-corrected chi connectivity index (χ0v) is 17.8. The molecule has 4 rings (SSSR count). The Balaban J connectivity index is 1.18. The number of likely N-dealkylation sites (tertiary alicyclic amines) is 1. The zero-order chi connectivity index (χ0) is 19.9. The van der Waals surface area contributed by atoms with E-state index in [0.29, 0.717) is 11.7 Å². The fourth-order valence-corrected chi connectivity index (χ4v) is 5.06. The van der Waals surface area contributed by atoms with Gasteiger partial charge in [0.15, 0.2) is 0 Å². The van der Waals surface area contributed by atoms with Crippen LogP contribution >= 0.6 is 11.8 Å². The van der Waals surface area contributed by atoms with E-state index in [2.05, 4.69) is 25.2 Å². The summed E-state index contributed by atoms with van der Waals surface area (Å²) in [6.07, 6.45) is 5.41. The van der Waals surface area contributed by atoms with Crippen molar-refractivity contribution >= 4 is 17.7 Å². The molecule has 7 nitrogen and oxygen atoms in total. The Morgan fingerprint density at radius 1 is 1.03 bits per heavy atom. The molecule has 0 bridgehead atoms. The van der Waals surface area contributed by atoms with Crippen LogP contribution in [0.4, 0.5) is 0 Å². The highest BCUT2D eigenvalue weighted by Crippen LogP contribution is 2.22. The predicted octanol–water partition coefficient (Wildman–Crippen LogP) is 2.55. The Morgan fingerprint density at radius 2 is 1.83 bits per heavy atom. The maximum absolute atomic E-state index is 12.9. The van der Waals surface area contributed by atoms with Gasteiger partial charge in [0.2, 0.25) is 11.7 Å². The quantitative estimate of drug-likeness (QED) is 0.619. The number of benzene rings is 1. The van der Waals surface area contributed by atoms with Gasteiger partial charge in [0.1, 0.15) is 0 Å². The molecule has 156 valence electrons. The summed E-state index contributed by atoms with van der Waals surface area (Å²) in [4.78, 5) is 19.0. The van der Waals surface area contributed by atoms with Crippen LogP contribution in [0, 0.1) is 0 Å². The van der Waals surface area contributed by atoms with Crippen LogP contribution in [0.25, 0.3) is 11.4 Å². The van der Waals surface area contributed by atoms with Gasteiger partial charge in [-0.2, -0.15) is 16.6 Å². The summed E-state index contributed by atoms with van der Waals surface area (Å²) in [6.45, 7) is 4.70. The molecule has 0 N–H and O–H groups in total. The highest BCUT2D eigenvalue weighted by molar-refractivity contribution is 7.99. The van der Waals surface area contributed by atoms with Crippen molar-refractivity contribution in [3.63, 3.8) is 0 Å². The number of carbonyl (C=O) groups is 1. The third-order valence-corrected chi connectivity index (χ3v) is 6.70. The fraction of sp³-hybridized carbons (Fsp3) is 0.619. The number of thioether (sulfide) groups is 1. The second-order valence-corrected chi connectivity index (χ2v) is 8.99. The lowest BCUT2D eigenvalue weighted by atomic mass is 10.1. The molecular formula is C21H30N6OS. The molecule has 0 aliphatic carbocycles. The highest BCUT2D eigenvalue weighted by atomic mass is 32.2. The number of tetrazole rings is 1. The zero-order valence-electron chi connectivity index (χ0n) is 16.9. The number of amides is 1. The molecule has 1 unspecified atom stereocenters. The smallest absolute Gasteiger partial charge is 0.239 e. The van der Waals surface area contributed by atoms with Crippen molar-refractivity contribution in [2.75, 3.05) is 37.7 Å². The van der Waals surface area contributed by atoms with Crippen molar-refractivity contribution in [3.8, 4) is 11.4 Å². The van der Waals surface area contributed by atoms with E-state index < -0.39 is 0 Å². The average Bonchev–Trinajstić information content (AvgIpc) is 3.44. The van der Waals surface area contributed by atoms with Crippen molar-refractivity contribution < 1.29 is 4.79 Å². The highest BCUT2D eigenvalue weighted by Gasteiger charge is 2.33. The first kappa shape index (κ1) is 20.3. The summed E-state index contributed by atoms with van der Waals surface area (Å²) in [5.41, 5.74) is 0.996. The second-order valence-electron chi connectivity index (χ2n) is 7.77. The van der Waals surface area contributed by atoms with Gasteiger partial charge >= 0.3 is 0 Å². The van der Waals surface area contributed by atoms with Gasteiger partial charge in [-0.05, 0) is 44.0 Å². The van der Waals surface area contributed by atoms with Gasteiger partial charge in [0, 0.05) is 30.2 Å². The van der Waals surface area contributed by atoms with E-state index in [-0.39, 0.29) is 6.04 Å². The maximum atomic E-state index is 12.9. The molecule has 2 aliphatic rings. The third kappa shape index (κ3) is 5.36. The molecule has 0 spiro atoms. The molecule has 2 saturated heterocycles. The van der Waals surface area contributed by atoms with Crippen molar-refractivity contribution in [1.29, 1.82) is 0 Å². The first-order chi connectivity index (χ1) is 14.3. The topological polar surface area (TPSA) is 67.2 Å². The van der Waals surface area contributed by atoms with Crippen LogP contribution in [0.15, 0.2) is 30.3 Å². The van der Waals surface area contributed by atoms with Crippen LogP contribution in [-0.2, 0) is 11.3 Å². The van der Waals surface area contributed by atoms with Gasteiger partial charge in [0.05, 0.1) is 12.6 Å². The Kier molecular flexibility index (Phi) is 7.16. The lowest BCUT2D eigenvalue weighted by Crippen LogP contribution is -2.48. The molecule has 8 heteroatoms. The van der Waals surface area contributed by atoms with Crippen LogP contribution in [0.3, 0.4) is 0 Å². The monoisotopic (exact) mass is 414 g/mol. The lowest BCUT2D eigenvalue weighted by Gasteiger charge is -2.32. The van der Waals surface area contributed by atoms with Crippen molar-refractivity contribution in [2.45, 2.75) is 44.7 Å². The molecule has 29 heavy (non-hydrogen) atoms. The third-order valence-electron chi connectivity index (χ3n) is 5.76. The summed E-state index contributed by atoms with van der Waals surface area (Å²) in [5.74, 6) is 3.21. The SMILES string of the molecule is O=C(C1CCCN1CCCCCn1nnc(-c2ccccc2)n1)N1CCSCC1. The number of hydrogen-bond acceptors (Lipinski definition) is 6. The van der Waals surface area contributed by atoms with Gasteiger partial charge < -0.3 is 4.90 Å². The number of hydrogen-bond donors (Lipinski definition) is 0. The molecule has 1 aromatic carbocycles. The van der Waals surface area contributed by atoms with E-state index in [0.717, 1.165) is 81.9 Å². The fourth-order valence-electron chi connectivity index (χ4n) is 4.15. The molecule has 2 fully saturated rings. The number of rotatable bonds is 8. The van der Waals surface area contributed by atoms with E-state index in [9.17, 15) is 4.79 Å². The summed E-state index contributed by atoms with van der Waals surface area (Å²) < 4.78 is 0. The van der Waals surface area contributed by atoms with Crippen LogP contribution in [0.1, 0.15) is 32.1 Å². The van der Waals surface area contributed by atoms with E-state index in [1.165, 1.54) is 0 Å². The second kappa shape index (κ2) is 10.2. The van der Waals surface area contributed by atoms with Crippen molar-refractivity contribution in [1.82, 2.24) is 30.0 Å². The standard InChI is InChI=1S/C21H30N6OS/c28-21(26-14-16-29-17-15-26)19-10-7-12-25(19)11-5-2-6-13-27-23-20(22-24-27)18-8-3-1-4-9-18/h1,3-4,8-9,19H,2,5-7,10-17H2. The molecular weight excluding hydrogens is 384 g/mol. The van der Waals surface area contributed by atoms with Gasteiger partial charge in [-0.15, -0.1) is 10.2 Å². The summed E-state index contributed by atoms with van der Waals surface area (Å²) >= 11 is 1.95. The normalized spacial score (nSPS) is 20.3. The van der Waals surface area contributed by atoms with Crippen molar-refractivity contribution in [2.24, 2.45) is 0 Å². The van der Waals surface area contributed by atoms with Crippen molar-refractivity contribution in [3.05, 3.63) is 30.3 Å². The Bertz CT molecular complexity index is 776. The Hall–Kier alpha value is -1.93. The predicted molar refractivity (Wildman–Crippen MR) is 116 cm³/mol. The van der Waals surface area contributed by atoms with Gasteiger partial charge in [0.25, 0.3) is 0 Å². The molecule has 1 atom stereocenters. The van der Waals surface area contributed by atoms with Gasteiger partial charge in [-0.25, -0.2) is 0 Å². The lowest BCUT2D eigenvalue weighted by molar-refractivity contribution is -0.135. The van der Waals surface area contributed by atoms with Crippen LogP contribution in [0.5, 0.6) is 0 Å². The number of aryl methyl sites for hydroxylation is 1. The molecule has 0 saturated carbocycles. The largest absolute Gasteiger partial charge is 0.340 e. The van der Waals surface area contributed by atoms with E-state index in [4.69, 9.17) is 0 Å². The molecule has 2 aromatic rings. The average molecular weight is 415 g/mol. The minimum atomic E-state index is 0.114. The molecule has 0 radical (unpaired) electrons. The number of unbranched alkanes of at least 4 members (excludes halogenated alkanes) is 2. The molecule has 1 amide bonds. The Labute approximate surface area is 176 Å². The first-order valence-electron chi connectivity index (χ1n) is 10.7. The molecule has 3 heterocycles. The Morgan fingerprint density at radius 3 is 2.66 bits per heavy atom. The van der Waals surface area contributed by atoms with E-state index in [1.54, 1.807) is 4.80 Å². The van der Waals surface area contributed by atoms with E-state index in [1.807, 2.05) is 42.1 Å². The maximum Gasteiger partial charge on any atom is 0.239 e. The van der Waals surface area contributed by atoms with Gasteiger partial charge in [-0.3, -0.25) is 9.69 Å².